The first-order valence-corrected chi connectivity index (χ1v) is 15.0. The monoisotopic (exact) mass is 547 g/mol. The molecule has 3 amide bonds. The van der Waals surface area contributed by atoms with Gasteiger partial charge in [0, 0.05) is 25.7 Å². The number of likely N-dealkylation sites (tertiary alicyclic amines) is 1. The average Bonchev–Trinajstić information content (AvgIpc) is 3.23. The second-order valence-corrected chi connectivity index (χ2v) is 12.2. The molecule has 6 rings (SSSR count). The second kappa shape index (κ2) is 10.5. The SMILES string of the molecule is CCCN1CC=C[C@@]2(C)O[C@]34C=CCN(C5CCCCC5)C(=O)C3N([C@H](CO)c3ccccc3)C(=O)[C@@H]4[C@H]2C1=O. The summed E-state index contributed by atoms with van der Waals surface area (Å²) in [6.07, 6.45) is 13.8. The van der Waals surface area contributed by atoms with Crippen molar-refractivity contribution in [3.63, 3.8) is 0 Å². The molecule has 0 bridgehead atoms. The highest BCUT2D eigenvalue weighted by Gasteiger charge is 2.75. The van der Waals surface area contributed by atoms with Gasteiger partial charge in [0.15, 0.2) is 0 Å². The van der Waals surface area contributed by atoms with Crippen LogP contribution in [-0.2, 0) is 19.1 Å². The quantitative estimate of drug-likeness (QED) is 0.553. The largest absolute Gasteiger partial charge is 0.394 e. The number of aliphatic hydroxyl groups excluding tert-OH is 1. The van der Waals surface area contributed by atoms with E-state index in [2.05, 4.69) is 0 Å². The zero-order valence-electron chi connectivity index (χ0n) is 23.6. The summed E-state index contributed by atoms with van der Waals surface area (Å²) in [6.45, 7) is 5.08. The molecule has 4 heterocycles. The van der Waals surface area contributed by atoms with Crippen LogP contribution in [0.15, 0.2) is 54.6 Å². The Labute approximate surface area is 236 Å². The summed E-state index contributed by atoms with van der Waals surface area (Å²) in [6, 6.07) is 7.76. The topological polar surface area (TPSA) is 90.4 Å². The van der Waals surface area contributed by atoms with Crippen molar-refractivity contribution >= 4 is 17.7 Å². The van der Waals surface area contributed by atoms with Gasteiger partial charge in [0.1, 0.15) is 11.6 Å². The number of carbonyl (C=O) groups excluding carboxylic acids is 3. The first-order valence-electron chi connectivity index (χ1n) is 15.0. The molecule has 1 saturated carbocycles. The third kappa shape index (κ3) is 4.05. The van der Waals surface area contributed by atoms with Gasteiger partial charge in [0.25, 0.3) is 0 Å². The van der Waals surface area contributed by atoms with E-state index in [-0.39, 0.29) is 30.4 Å². The van der Waals surface area contributed by atoms with E-state index < -0.39 is 35.1 Å². The van der Waals surface area contributed by atoms with Crippen LogP contribution in [0.3, 0.4) is 0 Å². The van der Waals surface area contributed by atoms with Gasteiger partial charge in [-0.2, -0.15) is 0 Å². The van der Waals surface area contributed by atoms with Crippen LogP contribution in [0.25, 0.3) is 0 Å². The first kappa shape index (κ1) is 27.2. The molecule has 3 fully saturated rings. The summed E-state index contributed by atoms with van der Waals surface area (Å²) in [7, 11) is 0. The number of hydrogen-bond acceptors (Lipinski definition) is 5. The van der Waals surface area contributed by atoms with Crippen LogP contribution in [0.5, 0.6) is 0 Å². The molecule has 1 unspecified atom stereocenters. The molecule has 214 valence electrons. The number of benzene rings is 1. The minimum atomic E-state index is -1.31. The molecule has 1 aromatic rings. The van der Waals surface area contributed by atoms with Crippen LogP contribution < -0.4 is 0 Å². The third-order valence-electron chi connectivity index (χ3n) is 9.81. The van der Waals surface area contributed by atoms with Gasteiger partial charge in [-0.1, -0.05) is 80.8 Å². The maximum absolute atomic E-state index is 14.7. The lowest BCUT2D eigenvalue weighted by Crippen LogP contribution is -2.58. The van der Waals surface area contributed by atoms with Gasteiger partial charge in [-0.15, -0.1) is 0 Å². The van der Waals surface area contributed by atoms with Gasteiger partial charge in [-0.05, 0) is 31.7 Å². The van der Waals surface area contributed by atoms with Gasteiger partial charge >= 0.3 is 0 Å². The molecule has 1 aromatic carbocycles. The molecule has 8 nitrogen and oxygen atoms in total. The molecule has 0 radical (unpaired) electrons. The van der Waals surface area contributed by atoms with Crippen molar-refractivity contribution in [2.75, 3.05) is 26.2 Å². The zero-order chi connectivity index (χ0) is 28.1. The minimum absolute atomic E-state index is 0.102. The Morgan fingerprint density at radius 3 is 2.38 bits per heavy atom. The Bertz CT molecular complexity index is 1210. The van der Waals surface area contributed by atoms with E-state index in [1.807, 2.05) is 73.4 Å². The molecule has 4 aliphatic heterocycles. The highest BCUT2D eigenvalue weighted by Crippen LogP contribution is 2.59. The molecule has 1 aliphatic carbocycles. The Balaban J connectivity index is 1.50. The summed E-state index contributed by atoms with van der Waals surface area (Å²) in [4.78, 5) is 48.9. The summed E-state index contributed by atoms with van der Waals surface area (Å²) in [5.41, 5.74) is -1.59. The van der Waals surface area contributed by atoms with Crippen LogP contribution in [0.2, 0.25) is 0 Å². The van der Waals surface area contributed by atoms with Gasteiger partial charge in [0.05, 0.1) is 30.1 Å². The van der Waals surface area contributed by atoms with Crippen LogP contribution in [-0.4, -0.2) is 87.1 Å². The fourth-order valence-electron chi connectivity index (χ4n) is 8.09. The molecule has 40 heavy (non-hydrogen) atoms. The number of amides is 3. The Kier molecular flexibility index (Phi) is 7.11. The maximum atomic E-state index is 14.7. The molecule has 0 aromatic heterocycles. The van der Waals surface area contributed by atoms with E-state index in [9.17, 15) is 19.5 Å². The van der Waals surface area contributed by atoms with Gasteiger partial charge in [-0.3, -0.25) is 14.4 Å². The van der Waals surface area contributed by atoms with Crippen molar-refractivity contribution in [1.82, 2.24) is 14.7 Å². The number of nitrogens with zero attached hydrogens (tertiary/aromatic N) is 3. The van der Waals surface area contributed by atoms with Crippen LogP contribution in [0.4, 0.5) is 0 Å². The number of ether oxygens (including phenoxy) is 1. The van der Waals surface area contributed by atoms with Crippen molar-refractivity contribution < 1.29 is 24.2 Å². The first-order chi connectivity index (χ1) is 19.4. The molecule has 2 saturated heterocycles. The minimum Gasteiger partial charge on any atom is -0.394 e. The van der Waals surface area contributed by atoms with E-state index >= 15 is 0 Å². The van der Waals surface area contributed by atoms with Gasteiger partial charge in [0.2, 0.25) is 17.7 Å². The maximum Gasteiger partial charge on any atom is 0.249 e. The van der Waals surface area contributed by atoms with Crippen molar-refractivity contribution in [3.05, 3.63) is 60.2 Å². The average molecular weight is 548 g/mol. The van der Waals surface area contributed by atoms with Crippen molar-refractivity contribution in [1.29, 1.82) is 0 Å². The molecule has 8 heteroatoms. The number of hydrogen-bond donors (Lipinski definition) is 1. The summed E-state index contributed by atoms with van der Waals surface area (Å²) < 4.78 is 6.95. The van der Waals surface area contributed by atoms with Crippen LogP contribution in [0, 0.1) is 11.8 Å². The molecular formula is C32H41N3O5. The highest BCUT2D eigenvalue weighted by molar-refractivity contribution is 6.00. The van der Waals surface area contributed by atoms with Crippen molar-refractivity contribution in [3.8, 4) is 0 Å². The summed E-state index contributed by atoms with van der Waals surface area (Å²) in [5.74, 6) is -2.21. The van der Waals surface area contributed by atoms with Gasteiger partial charge < -0.3 is 24.5 Å². The second-order valence-electron chi connectivity index (χ2n) is 12.2. The fraction of sp³-hybridized carbons (Fsp3) is 0.594. The molecule has 1 N–H and O–H groups in total. The van der Waals surface area contributed by atoms with E-state index in [1.165, 1.54) is 6.42 Å². The number of rotatable bonds is 6. The molecule has 6 atom stereocenters. The van der Waals surface area contributed by atoms with Crippen LogP contribution >= 0.6 is 0 Å². The number of fused-ring (bicyclic) bond motifs is 2. The summed E-state index contributed by atoms with van der Waals surface area (Å²) in [5, 5.41) is 10.7. The van der Waals surface area contributed by atoms with E-state index in [1.54, 1.807) is 9.80 Å². The van der Waals surface area contributed by atoms with Crippen molar-refractivity contribution in [2.45, 2.75) is 81.7 Å². The van der Waals surface area contributed by atoms with Crippen molar-refractivity contribution in [2.24, 2.45) is 11.8 Å². The predicted molar refractivity (Wildman–Crippen MR) is 150 cm³/mol. The molecule has 5 aliphatic rings. The van der Waals surface area contributed by atoms with E-state index in [4.69, 9.17) is 4.74 Å². The zero-order valence-corrected chi connectivity index (χ0v) is 23.6. The highest BCUT2D eigenvalue weighted by atomic mass is 16.5. The Morgan fingerprint density at radius 2 is 1.68 bits per heavy atom. The van der Waals surface area contributed by atoms with E-state index in [0.717, 1.165) is 37.7 Å². The lowest BCUT2D eigenvalue weighted by molar-refractivity contribution is -0.157. The Morgan fingerprint density at radius 1 is 0.950 bits per heavy atom. The Hall–Kier alpha value is -2.97. The number of aliphatic hydroxyl groups is 1. The number of carbonyl (C=O) groups is 3. The van der Waals surface area contributed by atoms with E-state index in [0.29, 0.717) is 19.6 Å². The predicted octanol–water partition coefficient (Wildman–Crippen LogP) is 3.23. The smallest absolute Gasteiger partial charge is 0.249 e. The normalized spacial score (nSPS) is 34.9. The molecule has 1 spiro atoms. The standard InChI is InChI=1S/C32H41N3O5/c1-3-18-33-19-10-16-31(2)25(28(33)37)26-29(38)35(24(21-36)22-12-6-4-7-13-22)27-30(39)34(23-14-8-5-9-15-23)20-11-17-32(26,27)40-31/h4,6-7,10-13,16-17,23-27,36H,3,5,8-9,14-15,18-21H2,1-2H3/t24-,25+,26+,27?,31-,32+/m1/s1. The van der Waals surface area contributed by atoms with Crippen LogP contribution in [0.1, 0.15) is 64.0 Å². The lowest BCUT2D eigenvalue weighted by atomic mass is 9.74. The summed E-state index contributed by atoms with van der Waals surface area (Å²) >= 11 is 0. The lowest BCUT2D eigenvalue weighted by Gasteiger charge is -2.42. The molecular weight excluding hydrogens is 506 g/mol. The fourth-order valence-corrected chi connectivity index (χ4v) is 8.09. The van der Waals surface area contributed by atoms with Gasteiger partial charge in [-0.25, -0.2) is 0 Å². The third-order valence-corrected chi connectivity index (χ3v) is 9.81.